The maximum Gasteiger partial charge on any atom is 0.142 e. The van der Waals surface area contributed by atoms with Crippen LogP contribution in [-0.4, -0.2) is 42.1 Å². The van der Waals surface area contributed by atoms with Gasteiger partial charge < -0.3 is 14.7 Å². The zero-order valence-electron chi connectivity index (χ0n) is 7.16. The van der Waals surface area contributed by atoms with Crippen LogP contribution in [-0.2, 0) is 4.74 Å². The summed E-state index contributed by atoms with van der Waals surface area (Å²) < 4.78 is 5.09. The zero-order chi connectivity index (χ0) is 9.68. The molecule has 0 amide bonds. The summed E-state index contributed by atoms with van der Waals surface area (Å²) in [7, 11) is 0. The Balaban J connectivity index is 2.61. The zero-order valence-corrected chi connectivity index (χ0v) is 7.16. The molecule has 1 fully saturated rings. The van der Waals surface area contributed by atoms with Gasteiger partial charge in [-0.05, 0) is 0 Å². The van der Waals surface area contributed by atoms with Gasteiger partial charge in [-0.1, -0.05) is 0 Å². The van der Waals surface area contributed by atoms with E-state index in [0.717, 1.165) is 0 Å². The molecule has 0 aliphatic carbocycles. The van der Waals surface area contributed by atoms with Crippen LogP contribution in [0.25, 0.3) is 0 Å². The van der Waals surface area contributed by atoms with Gasteiger partial charge in [0.05, 0.1) is 13.2 Å². The van der Waals surface area contributed by atoms with Crippen molar-refractivity contribution in [2.24, 2.45) is 0 Å². The van der Waals surface area contributed by atoms with Crippen LogP contribution >= 0.6 is 0 Å². The minimum absolute atomic E-state index is 0.0121. The molecule has 70 valence electrons. The van der Waals surface area contributed by atoms with Crippen molar-refractivity contribution in [2.75, 3.05) is 26.3 Å². The minimum atomic E-state index is -0.0121. The predicted molar refractivity (Wildman–Crippen MR) is 46.4 cm³/mol. The van der Waals surface area contributed by atoms with Crippen molar-refractivity contribution in [3.05, 3.63) is 11.8 Å². The van der Waals surface area contributed by atoms with E-state index < -0.39 is 0 Å². The van der Waals surface area contributed by atoms with Gasteiger partial charge in [0.15, 0.2) is 0 Å². The Labute approximate surface area is 76.3 Å². The minimum Gasteiger partial charge on any atom is -0.514 e. The van der Waals surface area contributed by atoms with Crippen molar-refractivity contribution in [1.29, 1.82) is 10.7 Å². The lowest BCUT2D eigenvalue weighted by Crippen LogP contribution is -2.40. The van der Waals surface area contributed by atoms with E-state index >= 15 is 0 Å². The first-order chi connectivity index (χ1) is 6.29. The molecule has 1 heterocycles. The summed E-state index contributed by atoms with van der Waals surface area (Å²) in [6, 6.07) is 1.75. The van der Waals surface area contributed by atoms with Crippen LogP contribution in [0.15, 0.2) is 11.8 Å². The molecule has 2 N–H and O–H groups in total. The number of ether oxygens (including phenoxy) is 1. The molecule has 0 aromatic rings. The number of aliphatic hydroxyl groups excluding tert-OH is 1. The van der Waals surface area contributed by atoms with E-state index in [-0.39, 0.29) is 11.4 Å². The predicted octanol–water partition coefficient (Wildman–Crippen LogP) is 0.261. The van der Waals surface area contributed by atoms with E-state index in [9.17, 15) is 0 Å². The molecule has 13 heavy (non-hydrogen) atoms. The highest BCUT2D eigenvalue weighted by Gasteiger charge is 2.16. The maximum atomic E-state index is 8.64. The lowest BCUT2D eigenvalue weighted by molar-refractivity contribution is 0.0679. The van der Waals surface area contributed by atoms with Gasteiger partial charge in [0.1, 0.15) is 23.7 Å². The standard InChI is InChI=1S/C8H11N3O2/c9-5-7(6-12)8(10)11-1-3-13-4-2-11/h6,10,12H,1-4H2/b7-6+,10-8?. The van der Waals surface area contributed by atoms with Gasteiger partial charge in [-0.15, -0.1) is 0 Å². The molecule has 5 nitrogen and oxygen atoms in total. The SMILES string of the molecule is N#C/C(=C\O)C(=N)N1CCOCC1. The second-order valence-corrected chi connectivity index (χ2v) is 2.60. The van der Waals surface area contributed by atoms with Crippen molar-refractivity contribution in [3.63, 3.8) is 0 Å². The number of amidine groups is 1. The van der Waals surface area contributed by atoms with E-state index in [1.54, 1.807) is 11.0 Å². The van der Waals surface area contributed by atoms with E-state index in [1.807, 2.05) is 0 Å². The van der Waals surface area contributed by atoms with Crippen LogP contribution in [0, 0.1) is 16.7 Å². The molecular weight excluding hydrogens is 170 g/mol. The average Bonchev–Trinajstić information content (AvgIpc) is 2.21. The fourth-order valence-electron chi connectivity index (χ4n) is 1.10. The molecule has 0 spiro atoms. The first kappa shape index (κ1) is 9.55. The van der Waals surface area contributed by atoms with Gasteiger partial charge in [0.25, 0.3) is 0 Å². The van der Waals surface area contributed by atoms with E-state index in [1.165, 1.54) is 0 Å². The third kappa shape index (κ3) is 2.20. The Kier molecular flexibility index (Phi) is 3.29. The summed E-state index contributed by atoms with van der Waals surface area (Å²) in [5, 5.41) is 24.8. The molecule has 0 unspecified atom stereocenters. The second kappa shape index (κ2) is 4.48. The molecule has 1 aliphatic rings. The van der Waals surface area contributed by atoms with Crippen molar-refractivity contribution in [1.82, 2.24) is 4.90 Å². The van der Waals surface area contributed by atoms with E-state index in [4.69, 9.17) is 20.5 Å². The highest BCUT2D eigenvalue weighted by Crippen LogP contribution is 2.04. The van der Waals surface area contributed by atoms with Crippen LogP contribution in [0.1, 0.15) is 0 Å². The molecule has 0 atom stereocenters. The lowest BCUT2D eigenvalue weighted by atomic mass is 10.2. The topological polar surface area (TPSA) is 80.3 Å². The Hall–Kier alpha value is -1.54. The molecule has 0 bridgehead atoms. The van der Waals surface area contributed by atoms with Gasteiger partial charge in [-0.3, -0.25) is 5.41 Å². The number of hydrogen-bond donors (Lipinski definition) is 2. The van der Waals surface area contributed by atoms with Gasteiger partial charge in [-0.2, -0.15) is 5.26 Å². The highest BCUT2D eigenvalue weighted by molar-refractivity contribution is 5.99. The van der Waals surface area contributed by atoms with Crippen molar-refractivity contribution >= 4 is 5.84 Å². The third-order valence-corrected chi connectivity index (χ3v) is 1.83. The molecule has 5 heteroatoms. The average molecular weight is 181 g/mol. The molecule has 0 saturated carbocycles. The molecule has 1 aliphatic heterocycles. The number of nitrogens with zero attached hydrogens (tertiary/aromatic N) is 2. The van der Waals surface area contributed by atoms with Crippen molar-refractivity contribution < 1.29 is 9.84 Å². The van der Waals surface area contributed by atoms with Gasteiger partial charge >= 0.3 is 0 Å². The smallest absolute Gasteiger partial charge is 0.142 e. The quantitative estimate of drug-likeness (QED) is 0.263. The molecule has 1 rings (SSSR count). The fourth-order valence-corrected chi connectivity index (χ4v) is 1.10. The fraction of sp³-hybridized carbons (Fsp3) is 0.500. The first-order valence-corrected chi connectivity index (χ1v) is 3.95. The Morgan fingerprint density at radius 1 is 1.54 bits per heavy atom. The number of nitrogens with one attached hydrogen (secondary N) is 1. The number of rotatable bonds is 1. The monoisotopic (exact) mass is 181 g/mol. The summed E-state index contributed by atoms with van der Waals surface area (Å²) in [5.41, 5.74) is -0.0121. The first-order valence-electron chi connectivity index (χ1n) is 3.95. The number of nitriles is 1. The van der Waals surface area contributed by atoms with Crippen LogP contribution in [0.2, 0.25) is 0 Å². The molecule has 0 radical (unpaired) electrons. The number of aliphatic hydroxyl groups is 1. The molecular formula is C8H11N3O2. The summed E-state index contributed by atoms with van der Waals surface area (Å²) >= 11 is 0. The number of hydrogen-bond acceptors (Lipinski definition) is 4. The van der Waals surface area contributed by atoms with Gasteiger partial charge in [0, 0.05) is 13.1 Å². The largest absolute Gasteiger partial charge is 0.514 e. The summed E-state index contributed by atoms with van der Waals surface area (Å²) in [6.45, 7) is 2.31. The van der Waals surface area contributed by atoms with Gasteiger partial charge in [0.2, 0.25) is 0 Å². The highest BCUT2D eigenvalue weighted by atomic mass is 16.5. The second-order valence-electron chi connectivity index (χ2n) is 2.60. The Morgan fingerprint density at radius 3 is 2.62 bits per heavy atom. The van der Waals surface area contributed by atoms with Gasteiger partial charge in [-0.25, -0.2) is 0 Å². The maximum absolute atomic E-state index is 8.64. The van der Waals surface area contributed by atoms with Crippen LogP contribution in [0.3, 0.4) is 0 Å². The summed E-state index contributed by atoms with van der Waals surface area (Å²) in [5.74, 6) is 0.0632. The summed E-state index contributed by atoms with van der Waals surface area (Å²) in [6.07, 6.45) is 0.664. The number of morpholine rings is 1. The summed E-state index contributed by atoms with van der Waals surface area (Å²) in [4.78, 5) is 1.70. The Morgan fingerprint density at radius 2 is 2.15 bits per heavy atom. The van der Waals surface area contributed by atoms with Crippen molar-refractivity contribution in [3.8, 4) is 6.07 Å². The van der Waals surface area contributed by atoms with Crippen molar-refractivity contribution in [2.45, 2.75) is 0 Å². The van der Waals surface area contributed by atoms with Crippen LogP contribution in [0.4, 0.5) is 0 Å². The molecule has 0 aromatic carbocycles. The normalized spacial score (nSPS) is 18.1. The van der Waals surface area contributed by atoms with Crippen LogP contribution < -0.4 is 0 Å². The molecule has 1 saturated heterocycles. The van der Waals surface area contributed by atoms with E-state index in [0.29, 0.717) is 32.6 Å². The lowest BCUT2D eigenvalue weighted by Gasteiger charge is -2.28. The van der Waals surface area contributed by atoms with E-state index in [2.05, 4.69) is 0 Å². The third-order valence-electron chi connectivity index (χ3n) is 1.83. The van der Waals surface area contributed by atoms with Crippen LogP contribution in [0.5, 0.6) is 0 Å². The molecule has 0 aromatic heterocycles. The Bertz CT molecular complexity index is 261.